The third kappa shape index (κ3) is 9.59. The number of nitrogens with one attached hydrogen (secondary N) is 4. The summed E-state index contributed by atoms with van der Waals surface area (Å²) in [6, 6.07) is 5.73. The van der Waals surface area contributed by atoms with Crippen molar-refractivity contribution in [2.24, 2.45) is 11.3 Å². The van der Waals surface area contributed by atoms with Crippen LogP contribution in [0, 0.1) is 11.3 Å². The van der Waals surface area contributed by atoms with Crippen LogP contribution in [-0.2, 0) is 19.2 Å². The predicted molar refractivity (Wildman–Crippen MR) is 151 cm³/mol. The summed E-state index contributed by atoms with van der Waals surface area (Å²) in [5.74, 6) is -1.25. The van der Waals surface area contributed by atoms with E-state index in [1.807, 2.05) is 52.0 Å². The fraction of sp³-hybridized carbons (Fsp3) is 0.667. The van der Waals surface area contributed by atoms with Gasteiger partial charge in [0.1, 0.15) is 11.8 Å². The summed E-state index contributed by atoms with van der Waals surface area (Å²) < 4.78 is 5.23. The highest BCUT2D eigenvalue weighted by Crippen LogP contribution is 2.27. The molecule has 0 radical (unpaired) electrons. The van der Waals surface area contributed by atoms with Crippen molar-refractivity contribution in [2.75, 3.05) is 13.7 Å². The Labute approximate surface area is 237 Å². The van der Waals surface area contributed by atoms with Crippen LogP contribution in [0.1, 0.15) is 84.1 Å². The number of aliphatic hydroxyl groups is 1. The van der Waals surface area contributed by atoms with E-state index in [1.165, 1.54) is 0 Å². The fourth-order valence-electron chi connectivity index (χ4n) is 5.09. The zero-order chi connectivity index (χ0) is 29.4. The van der Waals surface area contributed by atoms with Gasteiger partial charge in [0.15, 0.2) is 12.0 Å². The number of hydrogen-bond donors (Lipinski definition) is 5. The van der Waals surface area contributed by atoms with E-state index in [0.717, 1.165) is 30.6 Å². The van der Waals surface area contributed by atoms with E-state index in [1.54, 1.807) is 7.11 Å². The van der Waals surface area contributed by atoms with Crippen molar-refractivity contribution >= 4 is 23.5 Å². The molecule has 40 heavy (non-hydrogen) atoms. The van der Waals surface area contributed by atoms with Crippen molar-refractivity contribution in [3.63, 3.8) is 0 Å². The first-order valence-corrected chi connectivity index (χ1v) is 14.4. The molecule has 10 nitrogen and oxygen atoms in total. The Morgan fingerprint density at radius 1 is 1.07 bits per heavy atom. The molecule has 1 heterocycles. The van der Waals surface area contributed by atoms with E-state index < -0.39 is 35.9 Å². The molecule has 1 aromatic rings. The second-order valence-electron chi connectivity index (χ2n) is 12.3. The number of hydrogen-bond acceptors (Lipinski definition) is 7. The van der Waals surface area contributed by atoms with Gasteiger partial charge in [0.05, 0.1) is 13.2 Å². The SMILES string of the molecule is CC[C@@H](CC(=O)N[C@@H](CC(C)(C)C)C(=O)NC(C[C@@H]1CCNC1=O)C(=O)C(O)NC1CC1)c1ccc(OC)cc1. The molecule has 2 fully saturated rings. The lowest BCUT2D eigenvalue weighted by Crippen LogP contribution is -2.56. The van der Waals surface area contributed by atoms with Crippen LogP contribution in [0.15, 0.2) is 24.3 Å². The second-order valence-corrected chi connectivity index (χ2v) is 12.3. The molecule has 3 rings (SSSR count). The van der Waals surface area contributed by atoms with Gasteiger partial charge in [-0.15, -0.1) is 0 Å². The van der Waals surface area contributed by atoms with Crippen molar-refractivity contribution in [2.45, 2.75) is 103 Å². The Kier molecular flexibility index (Phi) is 11.1. The van der Waals surface area contributed by atoms with Crippen LogP contribution >= 0.6 is 0 Å². The van der Waals surface area contributed by atoms with Crippen molar-refractivity contribution in [3.8, 4) is 5.75 Å². The van der Waals surface area contributed by atoms with Crippen LogP contribution in [-0.4, -0.2) is 66.6 Å². The van der Waals surface area contributed by atoms with Crippen molar-refractivity contribution in [3.05, 3.63) is 29.8 Å². The lowest BCUT2D eigenvalue weighted by molar-refractivity contribution is -0.136. The number of carbonyl (C=O) groups excluding carboxylic acids is 4. The molecule has 1 aromatic carbocycles. The Hall–Kier alpha value is -2.98. The largest absolute Gasteiger partial charge is 0.497 e. The quantitative estimate of drug-likeness (QED) is 0.207. The molecule has 1 aliphatic heterocycles. The second kappa shape index (κ2) is 14.1. The Bertz CT molecular complexity index is 1030. The van der Waals surface area contributed by atoms with Gasteiger partial charge in [0.2, 0.25) is 17.7 Å². The van der Waals surface area contributed by atoms with Gasteiger partial charge >= 0.3 is 0 Å². The van der Waals surface area contributed by atoms with E-state index in [4.69, 9.17) is 4.74 Å². The minimum absolute atomic E-state index is 0.0388. The van der Waals surface area contributed by atoms with E-state index >= 15 is 0 Å². The maximum absolute atomic E-state index is 13.6. The molecule has 1 aliphatic carbocycles. The van der Waals surface area contributed by atoms with E-state index in [9.17, 15) is 24.3 Å². The maximum atomic E-state index is 13.6. The average molecular weight is 559 g/mol. The molecule has 5 atom stereocenters. The highest BCUT2D eigenvalue weighted by Gasteiger charge is 2.37. The van der Waals surface area contributed by atoms with Gasteiger partial charge < -0.3 is 25.8 Å². The topological polar surface area (TPSA) is 146 Å². The van der Waals surface area contributed by atoms with Gasteiger partial charge in [0.25, 0.3) is 0 Å². The van der Waals surface area contributed by atoms with Crippen LogP contribution < -0.4 is 26.0 Å². The third-order valence-electron chi connectivity index (χ3n) is 7.56. The van der Waals surface area contributed by atoms with Crippen LogP contribution in [0.4, 0.5) is 0 Å². The summed E-state index contributed by atoms with van der Waals surface area (Å²) in [6.45, 7) is 8.44. The number of ketones is 1. The highest BCUT2D eigenvalue weighted by molar-refractivity contribution is 5.95. The van der Waals surface area contributed by atoms with Gasteiger partial charge in [-0.05, 0) is 67.6 Å². The monoisotopic (exact) mass is 558 g/mol. The fourth-order valence-corrected chi connectivity index (χ4v) is 5.09. The highest BCUT2D eigenvalue weighted by atomic mass is 16.5. The predicted octanol–water partition coefficient (Wildman–Crippen LogP) is 2.15. The summed E-state index contributed by atoms with van der Waals surface area (Å²) in [6.07, 6.45) is 2.24. The lowest BCUT2D eigenvalue weighted by atomic mass is 9.87. The molecule has 0 aromatic heterocycles. The molecule has 0 spiro atoms. The Morgan fingerprint density at radius 3 is 2.27 bits per heavy atom. The molecule has 1 saturated carbocycles. The molecule has 222 valence electrons. The van der Waals surface area contributed by atoms with E-state index in [-0.39, 0.29) is 42.0 Å². The zero-order valence-corrected chi connectivity index (χ0v) is 24.4. The number of rotatable bonds is 15. The average Bonchev–Trinajstić information content (AvgIpc) is 3.63. The molecule has 3 amide bonds. The molecule has 0 bridgehead atoms. The Balaban J connectivity index is 1.72. The smallest absolute Gasteiger partial charge is 0.243 e. The maximum Gasteiger partial charge on any atom is 0.243 e. The normalized spacial score (nSPS) is 20.1. The van der Waals surface area contributed by atoms with E-state index in [2.05, 4.69) is 21.3 Å². The number of methoxy groups -OCH3 is 1. The standard InChI is InChI=1S/C30H46N4O6/c1-6-18(19-7-11-22(40-5)12-8-19)16-25(35)33-24(17-30(2,3)4)28(38)34-23(15-20-13-14-31-27(20)37)26(36)29(39)32-21-9-10-21/h7-8,11-12,18,20-21,23-24,29,32,39H,6,9-10,13-17H2,1-5H3,(H,31,37)(H,33,35)(H,34,38)/t18-,20-,23?,24-,29?/m0/s1. The van der Waals surface area contributed by atoms with Gasteiger partial charge in [-0.3, -0.25) is 24.5 Å². The molecule has 1 saturated heterocycles. The number of amides is 3. The number of benzene rings is 1. The zero-order valence-electron chi connectivity index (χ0n) is 24.4. The minimum atomic E-state index is -1.44. The molecule has 2 aliphatic rings. The molecule has 2 unspecified atom stereocenters. The van der Waals surface area contributed by atoms with Crippen LogP contribution in [0.2, 0.25) is 0 Å². The minimum Gasteiger partial charge on any atom is -0.497 e. The summed E-state index contributed by atoms with van der Waals surface area (Å²) in [7, 11) is 1.60. The van der Waals surface area contributed by atoms with Crippen LogP contribution in [0.25, 0.3) is 0 Å². The Morgan fingerprint density at radius 2 is 1.75 bits per heavy atom. The van der Waals surface area contributed by atoms with Gasteiger partial charge in [-0.2, -0.15) is 0 Å². The third-order valence-corrected chi connectivity index (χ3v) is 7.56. The lowest BCUT2D eigenvalue weighted by Gasteiger charge is -2.29. The summed E-state index contributed by atoms with van der Waals surface area (Å²) >= 11 is 0. The van der Waals surface area contributed by atoms with Crippen molar-refractivity contribution in [1.82, 2.24) is 21.3 Å². The van der Waals surface area contributed by atoms with Gasteiger partial charge in [0, 0.05) is 24.9 Å². The van der Waals surface area contributed by atoms with Gasteiger partial charge in [-0.1, -0.05) is 39.8 Å². The van der Waals surface area contributed by atoms with Crippen LogP contribution in [0.5, 0.6) is 5.75 Å². The number of aliphatic hydroxyl groups excluding tert-OH is 1. The van der Waals surface area contributed by atoms with E-state index in [0.29, 0.717) is 19.4 Å². The number of ether oxygens (including phenoxy) is 1. The van der Waals surface area contributed by atoms with Gasteiger partial charge in [-0.25, -0.2) is 0 Å². The first-order valence-electron chi connectivity index (χ1n) is 14.4. The molecule has 5 N–H and O–H groups in total. The van der Waals surface area contributed by atoms with Crippen molar-refractivity contribution in [1.29, 1.82) is 0 Å². The first-order chi connectivity index (χ1) is 18.9. The van der Waals surface area contributed by atoms with Crippen LogP contribution in [0.3, 0.4) is 0 Å². The number of Topliss-reactive ketones (excluding diaryl/α,β-unsaturated/α-hetero) is 1. The summed E-state index contributed by atoms with van der Waals surface area (Å²) in [5.41, 5.74) is 0.709. The molecule has 10 heteroatoms. The summed E-state index contributed by atoms with van der Waals surface area (Å²) in [4.78, 5) is 52.2. The first kappa shape index (κ1) is 31.5. The summed E-state index contributed by atoms with van der Waals surface area (Å²) in [5, 5.41) is 21.8. The number of carbonyl (C=O) groups is 4. The molecular weight excluding hydrogens is 512 g/mol. The van der Waals surface area contributed by atoms with Crippen molar-refractivity contribution < 1.29 is 29.0 Å². The molecular formula is C30H46N4O6.